The van der Waals surface area contributed by atoms with Crippen molar-refractivity contribution in [2.75, 3.05) is 12.4 Å². The summed E-state index contributed by atoms with van der Waals surface area (Å²) in [6.45, 7) is 3.90. The molecule has 184 valence electrons. The summed E-state index contributed by atoms with van der Waals surface area (Å²) < 4.78 is 23.8. The number of rotatable bonds is 7. The molecule has 1 saturated carbocycles. The number of nitrogens with zero attached hydrogens (tertiary/aromatic N) is 5. The van der Waals surface area contributed by atoms with Gasteiger partial charge in [0, 0.05) is 36.5 Å². The van der Waals surface area contributed by atoms with E-state index in [1.54, 1.807) is 42.9 Å². The zero-order chi connectivity index (χ0) is 24.6. The normalized spacial score (nSPS) is 18.7. The fourth-order valence-corrected chi connectivity index (χ4v) is 4.76. The molecule has 9 heteroatoms. The lowest BCUT2D eigenvalue weighted by atomic mass is 9.93. The highest BCUT2D eigenvalue weighted by atomic mass is 19.1. The minimum absolute atomic E-state index is 0.0148. The monoisotopic (exact) mass is 478 g/mol. The molecule has 3 aromatic heterocycles. The van der Waals surface area contributed by atoms with Crippen LogP contribution in [0.1, 0.15) is 45.6 Å². The van der Waals surface area contributed by atoms with Gasteiger partial charge in [0.25, 0.3) is 0 Å². The Labute approximate surface area is 203 Å². The van der Waals surface area contributed by atoms with Crippen LogP contribution in [-0.2, 0) is 6.54 Å². The molecule has 0 amide bonds. The molecule has 0 unspecified atom stereocenters. The lowest BCUT2D eigenvalue weighted by molar-refractivity contribution is 0.0577. The van der Waals surface area contributed by atoms with Gasteiger partial charge in [-0.05, 0) is 51.7 Å². The molecule has 1 fully saturated rings. The van der Waals surface area contributed by atoms with Crippen molar-refractivity contribution in [1.29, 1.82) is 0 Å². The third-order valence-electron chi connectivity index (χ3n) is 6.42. The van der Waals surface area contributed by atoms with E-state index in [9.17, 15) is 9.50 Å². The van der Waals surface area contributed by atoms with Crippen LogP contribution >= 0.6 is 0 Å². The molecule has 1 aliphatic carbocycles. The van der Waals surface area contributed by atoms with E-state index in [1.807, 2.05) is 25.5 Å². The zero-order valence-corrected chi connectivity index (χ0v) is 20.3. The number of hydrogen-bond donors (Lipinski definition) is 2. The number of benzene rings is 1. The standard InChI is InChI=1S/C26H31FN6O2/c1-26(2,34)16-32-15-17(13-30-32)25-20-14-29-24(28-3)12-22(20)33(31-25)18-8-10-19(11-9-18)35-23-7-5-4-6-21(23)27/h4-7,12-15,18-19,34H,8-11,16H2,1-3H3,(H,28,29). The van der Waals surface area contributed by atoms with E-state index in [-0.39, 0.29) is 18.0 Å². The SMILES string of the molecule is CNc1cc2c(cn1)c(-c1cnn(CC(C)(C)O)c1)nn2C1CCC(Oc2ccccc2F)CC1. The number of nitrogens with one attached hydrogen (secondary N) is 1. The molecule has 8 nitrogen and oxygen atoms in total. The second-order valence-electron chi connectivity index (χ2n) is 9.85. The Bertz CT molecular complexity index is 1320. The Kier molecular flexibility index (Phi) is 6.19. The Balaban J connectivity index is 1.41. The van der Waals surface area contributed by atoms with E-state index in [4.69, 9.17) is 9.84 Å². The van der Waals surface area contributed by atoms with Gasteiger partial charge in [0.2, 0.25) is 0 Å². The molecule has 1 aromatic carbocycles. The molecule has 4 aromatic rings. The van der Waals surface area contributed by atoms with Gasteiger partial charge in [-0.3, -0.25) is 9.36 Å². The average Bonchev–Trinajstić information content (AvgIpc) is 3.44. The second-order valence-corrected chi connectivity index (χ2v) is 9.85. The molecule has 0 radical (unpaired) electrons. The van der Waals surface area contributed by atoms with Crippen LogP contribution in [0.5, 0.6) is 5.75 Å². The Morgan fingerprint density at radius 1 is 1.17 bits per heavy atom. The zero-order valence-electron chi connectivity index (χ0n) is 20.3. The molecular formula is C26H31FN6O2. The lowest BCUT2D eigenvalue weighted by Crippen LogP contribution is -2.26. The number of halogens is 1. The maximum absolute atomic E-state index is 14.0. The third-order valence-corrected chi connectivity index (χ3v) is 6.42. The summed E-state index contributed by atoms with van der Waals surface area (Å²) in [5, 5.41) is 23.7. The first kappa shape index (κ1) is 23.3. The summed E-state index contributed by atoms with van der Waals surface area (Å²) in [5.74, 6) is 0.768. The molecule has 0 saturated heterocycles. The Hall–Kier alpha value is -3.46. The first-order valence-electron chi connectivity index (χ1n) is 12.0. The van der Waals surface area contributed by atoms with Gasteiger partial charge in [-0.25, -0.2) is 9.37 Å². The third kappa shape index (κ3) is 5.00. The number of fused-ring (bicyclic) bond motifs is 1. The van der Waals surface area contributed by atoms with Crippen LogP contribution < -0.4 is 10.1 Å². The smallest absolute Gasteiger partial charge is 0.165 e. The maximum atomic E-state index is 14.0. The van der Waals surface area contributed by atoms with Gasteiger partial charge in [0.15, 0.2) is 11.6 Å². The average molecular weight is 479 g/mol. The summed E-state index contributed by atoms with van der Waals surface area (Å²) in [7, 11) is 1.85. The van der Waals surface area contributed by atoms with Crippen LogP contribution in [0.3, 0.4) is 0 Å². The van der Waals surface area contributed by atoms with Gasteiger partial charge in [-0.2, -0.15) is 10.2 Å². The van der Waals surface area contributed by atoms with Crippen molar-refractivity contribution in [3.63, 3.8) is 0 Å². The molecule has 0 bridgehead atoms. The van der Waals surface area contributed by atoms with Crippen molar-refractivity contribution < 1.29 is 14.2 Å². The van der Waals surface area contributed by atoms with E-state index in [0.717, 1.165) is 53.7 Å². The van der Waals surface area contributed by atoms with Gasteiger partial charge < -0.3 is 15.2 Å². The van der Waals surface area contributed by atoms with E-state index < -0.39 is 5.60 Å². The molecule has 5 rings (SSSR count). The molecular weight excluding hydrogens is 447 g/mol. The molecule has 35 heavy (non-hydrogen) atoms. The van der Waals surface area contributed by atoms with Gasteiger partial charge in [0.1, 0.15) is 11.5 Å². The fraction of sp³-hybridized carbons (Fsp3) is 0.423. The molecule has 1 aliphatic rings. The molecule has 2 N–H and O–H groups in total. The molecule has 3 heterocycles. The largest absolute Gasteiger partial charge is 0.487 e. The van der Waals surface area contributed by atoms with Gasteiger partial charge >= 0.3 is 0 Å². The van der Waals surface area contributed by atoms with Gasteiger partial charge in [0.05, 0.1) is 36.0 Å². The quantitative estimate of drug-likeness (QED) is 0.396. The Morgan fingerprint density at radius 3 is 2.66 bits per heavy atom. The van der Waals surface area contributed by atoms with Crippen LogP contribution in [-0.4, -0.2) is 48.4 Å². The van der Waals surface area contributed by atoms with Gasteiger partial charge in [-0.15, -0.1) is 0 Å². The number of aromatic nitrogens is 5. The number of anilines is 1. The van der Waals surface area contributed by atoms with Crippen molar-refractivity contribution in [2.24, 2.45) is 0 Å². The second kappa shape index (κ2) is 9.30. The van der Waals surface area contributed by atoms with Crippen molar-refractivity contribution in [3.05, 3.63) is 54.7 Å². The van der Waals surface area contributed by atoms with Crippen LogP contribution in [0.15, 0.2) is 48.9 Å². The Morgan fingerprint density at radius 2 is 1.94 bits per heavy atom. The summed E-state index contributed by atoms with van der Waals surface area (Å²) in [4.78, 5) is 4.52. The van der Waals surface area contributed by atoms with Crippen molar-refractivity contribution in [1.82, 2.24) is 24.5 Å². The highest BCUT2D eigenvalue weighted by Crippen LogP contribution is 2.36. The van der Waals surface area contributed by atoms with E-state index in [0.29, 0.717) is 12.3 Å². The van der Waals surface area contributed by atoms with Crippen LogP contribution in [0, 0.1) is 5.82 Å². The van der Waals surface area contributed by atoms with Crippen molar-refractivity contribution >= 4 is 16.7 Å². The van der Waals surface area contributed by atoms with E-state index in [2.05, 4.69) is 20.1 Å². The fourth-order valence-electron chi connectivity index (χ4n) is 4.76. The van der Waals surface area contributed by atoms with E-state index in [1.165, 1.54) is 6.07 Å². The summed E-state index contributed by atoms with van der Waals surface area (Å²) >= 11 is 0. The summed E-state index contributed by atoms with van der Waals surface area (Å²) in [6.07, 6.45) is 8.93. The van der Waals surface area contributed by atoms with Crippen molar-refractivity contribution in [3.8, 4) is 17.0 Å². The first-order valence-corrected chi connectivity index (χ1v) is 12.0. The summed E-state index contributed by atoms with van der Waals surface area (Å²) in [6, 6.07) is 8.79. The predicted molar refractivity (Wildman–Crippen MR) is 133 cm³/mol. The maximum Gasteiger partial charge on any atom is 0.165 e. The number of ether oxygens (including phenoxy) is 1. The summed E-state index contributed by atoms with van der Waals surface area (Å²) in [5.41, 5.74) is 1.85. The topological polar surface area (TPSA) is 90.0 Å². The minimum atomic E-state index is -0.864. The number of pyridine rings is 1. The van der Waals surface area contributed by atoms with Crippen LogP contribution in [0.2, 0.25) is 0 Å². The molecule has 0 aliphatic heterocycles. The van der Waals surface area contributed by atoms with Gasteiger partial charge in [-0.1, -0.05) is 12.1 Å². The minimum Gasteiger partial charge on any atom is -0.487 e. The van der Waals surface area contributed by atoms with E-state index >= 15 is 0 Å². The predicted octanol–water partition coefficient (Wildman–Crippen LogP) is 4.81. The molecule has 0 spiro atoms. The van der Waals surface area contributed by atoms with Crippen LogP contribution in [0.25, 0.3) is 22.2 Å². The number of para-hydroxylation sites is 1. The first-order chi connectivity index (χ1) is 16.8. The molecule has 0 atom stereocenters. The van der Waals surface area contributed by atoms with Crippen LogP contribution in [0.4, 0.5) is 10.2 Å². The van der Waals surface area contributed by atoms with Crippen molar-refractivity contribution in [2.45, 2.75) is 63.8 Å². The lowest BCUT2D eigenvalue weighted by Gasteiger charge is -2.29. The number of aliphatic hydroxyl groups is 1. The number of hydrogen-bond acceptors (Lipinski definition) is 6. The highest BCUT2D eigenvalue weighted by molar-refractivity contribution is 5.93. The highest BCUT2D eigenvalue weighted by Gasteiger charge is 2.27.